The maximum Gasteiger partial charge on any atom is 0.259 e. The molecule has 0 spiro atoms. The molecule has 8 heteroatoms. The predicted molar refractivity (Wildman–Crippen MR) is 100 cm³/mol. The van der Waals surface area contributed by atoms with Gasteiger partial charge in [-0.1, -0.05) is 29.3 Å². The number of amides is 1. The van der Waals surface area contributed by atoms with Gasteiger partial charge in [-0.2, -0.15) is 0 Å². The van der Waals surface area contributed by atoms with Gasteiger partial charge in [-0.15, -0.1) is 0 Å². The molecule has 3 N–H and O–H groups in total. The fourth-order valence-corrected chi connectivity index (χ4v) is 2.93. The van der Waals surface area contributed by atoms with Crippen molar-refractivity contribution in [1.29, 1.82) is 0 Å². The Morgan fingerprint density at radius 3 is 2.48 bits per heavy atom. The number of sulfonamides is 1. The van der Waals surface area contributed by atoms with Gasteiger partial charge in [0.05, 0.1) is 17.1 Å². The van der Waals surface area contributed by atoms with E-state index in [1.54, 1.807) is 18.2 Å². The Hall–Kier alpha value is -1.90. The van der Waals surface area contributed by atoms with Crippen LogP contribution in [0.15, 0.2) is 51.8 Å². The zero-order valence-electron chi connectivity index (χ0n) is 13.7. The quantitative estimate of drug-likeness (QED) is 0.661. The number of nitrogens with one attached hydrogen (secondary N) is 1. The molecule has 0 saturated carbocycles. The van der Waals surface area contributed by atoms with E-state index in [4.69, 9.17) is 9.88 Å². The molecule has 0 fully saturated rings. The molecular formula is C17H19BrN2O4S. The van der Waals surface area contributed by atoms with Crippen molar-refractivity contribution in [3.05, 3.63) is 52.5 Å². The Balaban J connectivity index is 2.18. The second-order valence-corrected chi connectivity index (χ2v) is 7.84. The van der Waals surface area contributed by atoms with Crippen molar-refractivity contribution in [2.24, 2.45) is 5.14 Å². The molecule has 0 radical (unpaired) electrons. The fraction of sp³-hybridized carbons (Fsp3) is 0.235. The lowest BCUT2D eigenvalue weighted by molar-refractivity contribution is 0.102. The third-order valence-corrected chi connectivity index (χ3v) is 4.80. The molecule has 1 amide bonds. The van der Waals surface area contributed by atoms with E-state index in [0.717, 1.165) is 17.3 Å². The molecule has 0 saturated heterocycles. The van der Waals surface area contributed by atoms with E-state index in [0.29, 0.717) is 23.6 Å². The lowest BCUT2D eigenvalue weighted by Gasteiger charge is -2.12. The first kappa shape index (κ1) is 19.4. The number of unbranched alkanes of at least 4 members (excludes halogenated alkanes) is 1. The first-order valence-electron chi connectivity index (χ1n) is 7.68. The van der Waals surface area contributed by atoms with Crippen molar-refractivity contribution in [3.63, 3.8) is 0 Å². The number of nitrogens with two attached hydrogens (primary N) is 1. The van der Waals surface area contributed by atoms with Crippen molar-refractivity contribution < 1.29 is 17.9 Å². The summed E-state index contributed by atoms with van der Waals surface area (Å²) in [6, 6.07) is 10.8. The van der Waals surface area contributed by atoms with Gasteiger partial charge in [0, 0.05) is 10.2 Å². The number of carbonyl (C=O) groups is 1. The van der Waals surface area contributed by atoms with Crippen LogP contribution in [0.5, 0.6) is 5.75 Å². The monoisotopic (exact) mass is 426 g/mol. The molecule has 0 aliphatic heterocycles. The summed E-state index contributed by atoms with van der Waals surface area (Å²) in [5.74, 6) is 0.145. The summed E-state index contributed by atoms with van der Waals surface area (Å²) in [4.78, 5) is 12.5. The average Bonchev–Trinajstić information content (AvgIpc) is 2.56. The highest BCUT2D eigenvalue weighted by Crippen LogP contribution is 2.25. The number of primary sulfonamides is 1. The van der Waals surface area contributed by atoms with Crippen LogP contribution in [0, 0.1) is 0 Å². The van der Waals surface area contributed by atoms with Gasteiger partial charge in [-0.05, 0) is 48.9 Å². The molecule has 0 aliphatic carbocycles. The maximum atomic E-state index is 12.5. The predicted octanol–water partition coefficient (Wildman–Crippen LogP) is 3.53. The number of hydrogen-bond acceptors (Lipinski definition) is 4. The van der Waals surface area contributed by atoms with Crippen molar-refractivity contribution >= 4 is 37.5 Å². The molecule has 0 bridgehead atoms. The molecule has 2 aromatic rings. The summed E-state index contributed by atoms with van der Waals surface area (Å²) >= 11 is 3.35. The molecule has 0 aliphatic rings. The molecule has 0 unspecified atom stereocenters. The second kappa shape index (κ2) is 8.46. The average molecular weight is 427 g/mol. The summed E-state index contributed by atoms with van der Waals surface area (Å²) in [5.41, 5.74) is 0.845. The van der Waals surface area contributed by atoms with E-state index in [1.165, 1.54) is 24.3 Å². The van der Waals surface area contributed by atoms with Gasteiger partial charge in [0.2, 0.25) is 10.0 Å². The summed E-state index contributed by atoms with van der Waals surface area (Å²) < 4.78 is 29.0. The number of rotatable bonds is 7. The molecule has 0 heterocycles. The summed E-state index contributed by atoms with van der Waals surface area (Å²) in [5, 5.41) is 7.78. The highest BCUT2D eigenvalue weighted by Gasteiger charge is 2.14. The summed E-state index contributed by atoms with van der Waals surface area (Å²) in [6.45, 7) is 2.59. The van der Waals surface area contributed by atoms with Crippen LogP contribution in [-0.2, 0) is 10.0 Å². The first-order chi connectivity index (χ1) is 11.8. The van der Waals surface area contributed by atoms with Crippen LogP contribution in [0.2, 0.25) is 0 Å². The molecule has 134 valence electrons. The lowest BCUT2D eigenvalue weighted by atomic mass is 10.2. The summed E-state index contributed by atoms with van der Waals surface area (Å²) in [6.07, 6.45) is 1.89. The minimum absolute atomic E-state index is 0.0171. The smallest absolute Gasteiger partial charge is 0.259 e. The fourth-order valence-electron chi connectivity index (χ4n) is 2.06. The molecular weight excluding hydrogens is 408 g/mol. The Morgan fingerprint density at radius 1 is 1.20 bits per heavy atom. The van der Waals surface area contributed by atoms with Crippen molar-refractivity contribution in [3.8, 4) is 5.75 Å². The largest absolute Gasteiger partial charge is 0.493 e. The second-order valence-electron chi connectivity index (χ2n) is 5.37. The zero-order chi connectivity index (χ0) is 18.4. The highest BCUT2D eigenvalue weighted by molar-refractivity contribution is 9.10. The molecule has 2 rings (SSSR count). The van der Waals surface area contributed by atoms with E-state index in [1.807, 2.05) is 0 Å². The Kier molecular flexibility index (Phi) is 6.57. The normalized spacial score (nSPS) is 11.2. The molecule has 25 heavy (non-hydrogen) atoms. The standard InChI is InChI=1S/C17H19BrN2O4S/c1-2-3-10-24-16-9-4-12(18)11-15(16)17(21)20-13-5-7-14(8-6-13)25(19,22)23/h4-9,11H,2-3,10H2,1H3,(H,20,21)(H2,19,22,23). The Bertz CT molecular complexity index is 851. The van der Waals surface area contributed by atoms with Gasteiger partial charge in [-0.25, -0.2) is 13.6 Å². The van der Waals surface area contributed by atoms with Crippen molar-refractivity contribution in [1.82, 2.24) is 0 Å². The Labute approximate surface area is 155 Å². The van der Waals surface area contributed by atoms with E-state index in [9.17, 15) is 13.2 Å². The van der Waals surface area contributed by atoms with Crippen LogP contribution in [0.3, 0.4) is 0 Å². The number of halogens is 1. The Morgan fingerprint density at radius 2 is 1.88 bits per heavy atom. The van der Waals surface area contributed by atoms with Gasteiger partial charge >= 0.3 is 0 Å². The third-order valence-electron chi connectivity index (χ3n) is 3.38. The minimum atomic E-state index is -3.76. The van der Waals surface area contributed by atoms with Crippen LogP contribution in [-0.4, -0.2) is 20.9 Å². The number of hydrogen-bond donors (Lipinski definition) is 2. The molecule has 0 aromatic heterocycles. The van der Waals surface area contributed by atoms with Crippen LogP contribution in [0.4, 0.5) is 5.69 Å². The van der Waals surface area contributed by atoms with E-state index >= 15 is 0 Å². The van der Waals surface area contributed by atoms with E-state index < -0.39 is 10.0 Å². The van der Waals surface area contributed by atoms with Gasteiger partial charge in [0.15, 0.2) is 0 Å². The number of ether oxygens (including phenoxy) is 1. The number of benzene rings is 2. The lowest BCUT2D eigenvalue weighted by Crippen LogP contribution is -2.15. The van der Waals surface area contributed by atoms with Gasteiger partial charge in [-0.3, -0.25) is 4.79 Å². The van der Waals surface area contributed by atoms with E-state index in [2.05, 4.69) is 28.2 Å². The van der Waals surface area contributed by atoms with E-state index in [-0.39, 0.29) is 10.8 Å². The first-order valence-corrected chi connectivity index (χ1v) is 10.0. The maximum absolute atomic E-state index is 12.5. The molecule has 6 nitrogen and oxygen atoms in total. The SMILES string of the molecule is CCCCOc1ccc(Br)cc1C(=O)Nc1ccc(S(N)(=O)=O)cc1. The molecule has 2 aromatic carbocycles. The molecule has 0 atom stereocenters. The number of anilines is 1. The zero-order valence-corrected chi connectivity index (χ0v) is 16.1. The van der Waals surface area contributed by atoms with Crippen LogP contribution in [0.25, 0.3) is 0 Å². The topological polar surface area (TPSA) is 98.5 Å². The van der Waals surface area contributed by atoms with Crippen LogP contribution >= 0.6 is 15.9 Å². The third kappa shape index (κ3) is 5.55. The van der Waals surface area contributed by atoms with Gasteiger partial charge < -0.3 is 10.1 Å². The number of carbonyl (C=O) groups excluding carboxylic acids is 1. The van der Waals surface area contributed by atoms with Gasteiger partial charge in [0.25, 0.3) is 5.91 Å². The van der Waals surface area contributed by atoms with Crippen molar-refractivity contribution in [2.75, 3.05) is 11.9 Å². The van der Waals surface area contributed by atoms with Crippen molar-refractivity contribution in [2.45, 2.75) is 24.7 Å². The minimum Gasteiger partial charge on any atom is -0.493 e. The highest BCUT2D eigenvalue weighted by atomic mass is 79.9. The summed E-state index contributed by atoms with van der Waals surface area (Å²) in [7, 11) is -3.76. The van der Waals surface area contributed by atoms with Crippen LogP contribution < -0.4 is 15.2 Å². The van der Waals surface area contributed by atoms with Crippen LogP contribution in [0.1, 0.15) is 30.1 Å². The van der Waals surface area contributed by atoms with Gasteiger partial charge in [0.1, 0.15) is 5.75 Å².